The molecule has 1 rings (SSSR count). The van der Waals surface area contributed by atoms with Gasteiger partial charge in [-0.2, -0.15) is 0 Å². The van der Waals surface area contributed by atoms with Gasteiger partial charge in [0, 0.05) is 32.0 Å². The average Bonchev–Trinajstić information content (AvgIpc) is 2.46. The third-order valence-electron chi connectivity index (χ3n) is 2.44. The van der Waals surface area contributed by atoms with Crippen molar-refractivity contribution in [1.82, 2.24) is 0 Å². The molecular formula is C13H17NO6. The number of hydrogen-bond acceptors (Lipinski definition) is 6. The second-order valence-corrected chi connectivity index (χ2v) is 3.91. The fourth-order valence-corrected chi connectivity index (χ4v) is 1.49. The number of rotatable bonds is 10. The van der Waals surface area contributed by atoms with Crippen molar-refractivity contribution in [3.8, 4) is 5.75 Å². The normalized spacial score (nSPS) is 10.2. The van der Waals surface area contributed by atoms with Gasteiger partial charge in [0.15, 0.2) is 5.75 Å². The zero-order valence-corrected chi connectivity index (χ0v) is 11.2. The number of carbonyl (C=O) groups excluding carboxylic acids is 1. The Morgan fingerprint density at radius 1 is 1.25 bits per heavy atom. The molecule has 7 heteroatoms. The molecule has 0 unspecified atom stereocenters. The summed E-state index contributed by atoms with van der Waals surface area (Å²) in [5, 5.41) is 10.9. The molecule has 7 nitrogen and oxygen atoms in total. The Labute approximate surface area is 116 Å². The highest BCUT2D eigenvalue weighted by molar-refractivity contribution is 5.77. The fraction of sp³-hybridized carbons (Fsp3) is 0.462. The first-order chi connectivity index (χ1) is 9.69. The van der Waals surface area contributed by atoms with Crippen LogP contribution in [0.4, 0.5) is 5.69 Å². The SMILES string of the molecule is COCCCOCCOc1ccc(C=O)cc1[N+](=O)[O-]. The summed E-state index contributed by atoms with van der Waals surface area (Å²) in [6.45, 7) is 1.70. The summed E-state index contributed by atoms with van der Waals surface area (Å²) in [5.74, 6) is 0.126. The second-order valence-electron chi connectivity index (χ2n) is 3.91. The third-order valence-corrected chi connectivity index (χ3v) is 2.44. The average molecular weight is 283 g/mol. The standard InChI is InChI=1S/C13H17NO6/c1-18-5-2-6-19-7-8-20-13-4-3-11(10-15)9-12(13)14(16)17/h3-4,9-10H,2,5-8H2,1H3. The molecule has 0 saturated carbocycles. The van der Waals surface area contributed by atoms with E-state index in [1.807, 2.05) is 0 Å². The maximum absolute atomic E-state index is 10.9. The van der Waals surface area contributed by atoms with E-state index in [0.29, 0.717) is 26.1 Å². The summed E-state index contributed by atoms with van der Waals surface area (Å²) in [7, 11) is 1.62. The first-order valence-electron chi connectivity index (χ1n) is 6.12. The Balaban J connectivity index is 2.43. The topological polar surface area (TPSA) is 87.9 Å². The third kappa shape index (κ3) is 5.33. The molecule has 0 aromatic heterocycles. The molecule has 0 fully saturated rings. The first-order valence-corrected chi connectivity index (χ1v) is 6.12. The van der Waals surface area contributed by atoms with E-state index in [0.717, 1.165) is 6.42 Å². The van der Waals surface area contributed by atoms with Gasteiger partial charge >= 0.3 is 5.69 Å². The number of carbonyl (C=O) groups is 1. The van der Waals surface area contributed by atoms with E-state index in [2.05, 4.69) is 0 Å². The van der Waals surface area contributed by atoms with Crippen molar-refractivity contribution in [2.24, 2.45) is 0 Å². The lowest BCUT2D eigenvalue weighted by Gasteiger charge is -2.07. The second kappa shape index (κ2) is 9.00. The molecule has 1 aromatic rings. The molecule has 20 heavy (non-hydrogen) atoms. The van der Waals surface area contributed by atoms with Gasteiger partial charge in [-0.05, 0) is 18.6 Å². The molecule has 0 bridgehead atoms. The number of nitrogens with zero attached hydrogens (tertiary/aromatic N) is 1. The number of aldehydes is 1. The highest BCUT2D eigenvalue weighted by Gasteiger charge is 2.15. The zero-order chi connectivity index (χ0) is 14.8. The van der Waals surface area contributed by atoms with Gasteiger partial charge in [-0.15, -0.1) is 0 Å². The fourth-order valence-electron chi connectivity index (χ4n) is 1.49. The van der Waals surface area contributed by atoms with Gasteiger partial charge in [-0.1, -0.05) is 0 Å². The number of nitro groups is 1. The molecule has 0 aliphatic carbocycles. The van der Waals surface area contributed by atoms with Crippen molar-refractivity contribution in [2.45, 2.75) is 6.42 Å². The van der Waals surface area contributed by atoms with Gasteiger partial charge in [0.1, 0.15) is 12.9 Å². The van der Waals surface area contributed by atoms with Crippen LogP contribution in [-0.2, 0) is 9.47 Å². The maximum Gasteiger partial charge on any atom is 0.311 e. The monoisotopic (exact) mass is 283 g/mol. The van der Waals surface area contributed by atoms with Crippen LogP contribution in [-0.4, -0.2) is 44.7 Å². The summed E-state index contributed by atoms with van der Waals surface area (Å²) in [5.41, 5.74) is 0.00819. The largest absolute Gasteiger partial charge is 0.484 e. The van der Waals surface area contributed by atoms with Gasteiger partial charge in [0.05, 0.1) is 11.5 Å². The molecule has 0 heterocycles. The Hall–Kier alpha value is -1.99. The van der Waals surface area contributed by atoms with Gasteiger partial charge in [0.25, 0.3) is 0 Å². The van der Waals surface area contributed by atoms with Crippen LogP contribution in [0.3, 0.4) is 0 Å². The molecule has 0 aliphatic heterocycles. The summed E-state index contributed by atoms with van der Waals surface area (Å²) >= 11 is 0. The Morgan fingerprint density at radius 2 is 2.05 bits per heavy atom. The molecule has 0 saturated heterocycles. The van der Waals surface area contributed by atoms with E-state index in [1.54, 1.807) is 7.11 Å². The van der Waals surface area contributed by atoms with Crippen molar-refractivity contribution in [3.05, 3.63) is 33.9 Å². The van der Waals surface area contributed by atoms with Gasteiger partial charge in [-0.3, -0.25) is 14.9 Å². The molecule has 0 amide bonds. The zero-order valence-electron chi connectivity index (χ0n) is 11.2. The van der Waals surface area contributed by atoms with Crippen LogP contribution < -0.4 is 4.74 Å². The summed E-state index contributed by atoms with van der Waals surface area (Å²) in [6.07, 6.45) is 1.33. The maximum atomic E-state index is 10.9. The molecule has 0 spiro atoms. The Morgan fingerprint density at radius 3 is 2.70 bits per heavy atom. The van der Waals surface area contributed by atoms with Gasteiger partial charge in [-0.25, -0.2) is 0 Å². The molecule has 0 aliphatic rings. The smallest absolute Gasteiger partial charge is 0.311 e. The van der Waals surface area contributed by atoms with E-state index >= 15 is 0 Å². The lowest BCUT2D eigenvalue weighted by atomic mass is 10.2. The van der Waals surface area contributed by atoms with Crippen molar-refractivity contribution in [3.63, 3.8) is 0 Å². The molecule has 0 N–H and O–H groups in total. The summed E-state index contributed by atoms with van der Waals surface area (Å²) < 4.78 is 15.4. The van der Waals surface area contributed by atoms with E-state index < -0.39 is 4.92 Å². The minimum absolute atomic E-state index is 0.126. The number of nitro benzene ring substituents is 1. The first kappa shape index (κ1) is 16.1. The Kier molecular flexibility index (Phi) is 7.23. The van der Waals surface area contributed by atoms with Crippen LogP contribution in [0.5, 0.6) is 5.75 Å². The van der Waals surface area contributed by atoms with Crippen LogP contribution in [0.1, 0.15) is 16.8 Å². The molecule has 0 atom stereocenters. The van der Waals surface area contributed by atoms with E-state index in [4.69, 9.17) is 14.2 Å². The molecule has 0 radical (unpaired) electrons. The lowest BCUT2D eigenvalue weighted by Crippen LogP contribution is -2.09. The Bertz CT molecular complexity index is 448. The minimum atomic E-state index is -0.582. The number of hydrogen-bond donors (Lipinski definition) is 0. The van der Waals surface area contributed by atoms with E-state index in [9.17, 15) is 14.9 Å². The van der Waals surface area contributed by atoms with Crippen LogP contribution >= 0.6 is 0 Å². The quantitative estimate of drug-likeness (QED) is 0.282. The van der Waals surface area contributed by atoms with Crippen LogP contribution in [0.15, 0.2) is 18.2 Å². The van der Waals surface area contributed by atoms with Crippen LogP contribution in [0.25, 0.3) is 0 Å². The molecule has 1 aromatic carbocycles. The highest BCUT2D eigenvalue weighted by Crippen LogP contribution is 2.27. The van der Waals surface area contributed by atoms with Crippen molar-refractivity contribution in [1.29, 1.82) is 0 Å². The van der Waals surface area contributed by atoms with Gasteiger partial charge < -0.3 is 14.2 Å². The number of methoxy groups -OCH3 is 1. The van der Waals surface area contributed by atoms with Crippen LogP contribution in [0, 0.1) is 10.1 Å². The van der Waals surface area contributed by atoms with Crippen molar-refractivity contribution >= 4 is 12.0 Å². The van der Waals surface area contributed by atoms with E-state index in [-0.39, 0.29) is 23.6 Å². The highest BCUT2D eigenvalue weighted by atomic mass is 16.6. The van der Waals surface area contributed by atoms with Gasteiger partial charge in [0.2, 0.25) is 0 Å². The minimum Gasteiger partial charge on any atom is -0.484 e. The van der Waals surface area contributed by atoms with E-state index in [1.165, 1.54) is 18.2 Å². The lowest BCUT2D eigenvalue weighted by molar-refractivity contribution is -0.385. The summed E-state index contributed by atoms with van der Waals surface area (Å²) in [6, 6.07) is 4.06. The molecule has 110 valence electrons. The number of ether oxygens (including phenoxy) is 3. The van der Waals surface area contributed by atoms with Crippen molar-refractivity contribution < 1.29 is 23.9 Å². The van der Waals surface area contributed by atoms with Crippen LogP contribution in [0.2, 0.25) is 0 Å². The summed E-state index contributed by atoms with van der Waals surface area (Å²) in [4.78, 5) is 20.9. The number of benzene rings is 1. The van der Waals surface area contributed by atoms with Crippen molar-refractivity contribution in [2.75, 3.05) is 33.5 Å². The predicted octanol–water partition coefficient (Wildman–Crippen LogP) is 1.84. The molecular weight excluding hydrogens is 266 g/mol. The predicted molar refractivity (Wildman–Crippen MR) is 71.3 cm³/mol.